The zero-order chi connectivity index (χ0) is 12.4. The molecule has 0 fully saturated rings. The number of benzene rings is 1. The maximum absolute atomic E-state index is 8.99. The summed E-state index contributed by atoms with van der Waals surface area (Å²) in [6, 6.07) is 5.25. The molecule has 0 atom stereocenters. The van der Waals surface area contributed by atoms with Gasteiger partial charge >= 0.3 is 0 Å². The van der Waals surface area contributed by atoms with Crippen molar-refractivity contribution < 1.29 is 9.84 Å². The smallest absolute Gasteiger partial charge is 0.280 e. The van der Waals surface area contributed by atoms with Gasteiger partial charge < -0.3 is 9.84 Å². The van der Waals surface area contributed by atoms with E-state index in [-0.39, 0.29) is 11.8 Å². The maximum atomic E-state index is 8.99. The van der Waals surface area contributed by atoms with E-state index in [2.05, 4.69) is 20.9 Å². The zero-order valence-electron chi connectivity index (χ0n) is 8.28. The van der Waals surface area contributed by atoms with Crippen LogP contribution in [-0.4, -0.2) is 10.1 Å². The molecule has 3 nitrogen and oxygen atoms in total. The van der Waals surface area contributed by atoms with Crippen molar-refractivity contribution in [3.8, 4) is 10.9 Å². The molecule has 0 saturated heterocycles. The molecule has 1 N–H and O–H groups in total. The van der Waals surface area contributed by atoms with Gasteiger partial charge in [-0.05, 0) is 18.2 Å². The van der Waals surface area contributed by atoms with Crippen molar-refractivity contribution >= 4 is 50.5 Å². The first-order chi connectivity index (χ1) is 8.10. The fourth-order valence-electron chi connectivity index (χ4n) is 1.10. The van der Waals surface area contributed by atoms with Gasteiger partial charge in [-0.25, -0.2) is 0 Å². The Hall–Kier alpha value is -0.330. The van der Waals surface area contributed by atoms with Crippen LogP contribution >= 0.6 is 50.5 Å². The molecule has 7 heteroatoms. The van der Waals surface area contributed by atoms with Gasteiger partial charge in [-0.2, -0.15) is 4.98 Å². The Labute approximate surface area is 120 Å². The van der Waals surface area contributed by atoms with Gasteiger partial charge in [0.05, 0.1) is 16.5 Å². The van der Waals surface area contributed by atoms with Crippen molar-refractivity contribution in [2.24, 2.45) is 0 Å². The van der Waals surface area contributed by atoms with Crippen molar-refractivity contribution in [1.82, 2.24) is 4.98 Å². The summed E-state index contributed by atoms with van der Waals surface area (Å²) in [6.45, 7) is -0.161. The highest BCUT2D eigenvalue weighted by Crippen LogP contribution is 2.36. The molecule has 1 aromatic heterocycles. The monoisotopic (exact) mass is 353 g/mol. The molecule has 90 valence electrons. The molecule has 1 heterocycles. The minimum atomic E-state index is -0.161. The predicted molar refractivity (Wildman–Crippen MR) is 72.3 cm³/mol. The highest BCUT2D eigenvalue weighted by Gasteiger charge is 2.11. The first-order valence-corrected chi connectivity index (χ1v) is 6.85. The maximum Gasteiger partial charge on any atom is 0.280 e. The summed E-state index contributed by atoms with van der Waals surface area (Å²) in [6.07, 6.45) is 0. The van der Waals surface area contributed by atoms with E-state index in [1.165, 1.54) is 11.3 Å². The molecule has 17 heavy (non-hydrogen) atoms. The number of nitrogens with zero attached hydrogens (tertiary/aromatic N) is 1. The highest BCUT2D eigenvalue weighted by molar-refractivity contribution is 9.10. The van der Waals surface area contributed by atoms with Crippen molar-refractivity contribution in [2.75, 3.05) is 0 Å². The van der Waals surface area contributed by atoms with E-state index in [4.69, 9.17) is 33.0 Å². The molecule has 0 aliphatic carbocycles. The Morgan fingerprint density at radius 3 is 2.82 bits per heavy atom. The van der Waals surface area contributed by atoms with Crippen LogP contribution in [0, 0.1) is 0 Å². The van der Waals surface area contributed by atoms with Gasteiger partial charge in [-0.1, -0.05) is 50.5 Å². The number of hydrogen-bond acceptors (Lipinski definition) is 4. The van der Waals surface area contributed by atoms with E-state index < -0.39 is 0 Å². The molecule has 0 spiro atoms. The molecule has 1 aromatic carbocycles. The largest absolute Gasteiger partial charge is 0.429 e. The van der Waals surface area contributed by atoms with Crippen LogP contribution in [0.15, 0.2) is 22.7 Å². The Kier molecular flexibility index (Phi) is 4.27. The molecular weight excluding hydrogens is 349 g/mol. The zero-order valence-corrected chi connectivity index (χ0v) is 12.2. The molecule has 0 aliphatic heterocycles. The highest BCUT2D eigenvalue weighted by atomic mass is 79.9. The van der Waals surface area contributed by atoms with Gasteiger partial charge in [-0.3, -0.25) is 0 Å². The Morgan fingerprint density at radius 1 is 1.41 bits per heavy atom. The van der Waals surface area contributed by atoms with E-state index in [9.17, 15) is 0 Å². The first kappa shape index (κ1) is 13.1. The second kappa shape index (κ2) is 5.54. The van der Waals surface area contributed by atoms with Crippen molar-refractivity contribution in [2.45, 2.75) is 6.61 Å². The summed E-state index contributed by atoms with van der Waals surface area (Å²) >= 11 is 16.3. The fourth-order valence-corrected chi connectivity index (χ4v) is 2.58. The van der Waals surface area contributed by atoms with Crippen LogP contribution < -0.4 is 4.74 Å². The van der Waals surface area contributed by atoms with Gasteiger partial charge in [0.25, 0.3) is 5.19 Å². The number of thiazole rings is 1. The van der Waals surface area contributed by atoms with Crippen LogP contribution in [0.3, 0.4) is 0 Å². The number of aliphatic hydroxyl groups excluding tert-OH is 1. The van der Waals surface area contributed by atoms with Crippen molar-refractivity contribution in [3.05, 3.63) is 37.7 Å². The number of halogens is 3. The molecule has 0 unspecified atom stereocenters. The van der Waals surface area contributed by atoms with Gasteiger partial charge in [0.15, 0.2) is 0 Å². The number of ether oxygens (including phenoxy) is 1. The fraction of sp³-hybridized carbons (Fsp3) is 0.100. The van der Waals surface area contributed by atoms with Gasteiger partial charge in [0, 0.05) is 4.47 Å². The molecule has 2 aromatic rings. The van der Waals surface area contributed by atoms with Crippen LogP contribution in [0.25, 0.3) is 0 Å². The van der Waals surface area contributed by atoms with Gasteiger partial charge in [0.1, 0.15) is 10.9 Å². The molecule has 0 aliphatic rings. The average molecular weight is 355 g/mol. The molecule has 0 amide bonds. The summed E-state index contributed by atoms with van der Waals surface area (Å²) in [4.78, 5) is 4.54. The summed E-state index contributed by atoms with van der Waals surface area (Å²) in [5, 5.41) is 10.1. The second-order valence-electron chi connectivity index (χ2n) is 3.03. The van der Waals surface area contributed by atoms with Crippen LogP contribution in [0.5, 0.6) is 10.9 Å². The Balaban J connectivity index is 2.27. The van der Waals surface area contributed by atoms with E-state index >= 15 is 0 Å². The van der Waals surface area contributed by atoms with Crippen LogP contribution in [0.1, 0.15) is 4.88 Å². The summed E-state index contributed by atoms with van der Waals surface area (Å²) in [5.41, 5.74) is 0. The van der Waals surface area contributed by atoms with Gasteiger partial charge in [0.2, 0.25) is 0 Å². The Morgan fingerprint density at radius 2 is 2.18 bits per heavy atom. The average Bonchev–Trinajstić information content (AvgIpc) is 2.64. The summed E-state index contributed by atoms with van der Waals surface area (Å²) < 4.78 is 6.35. The number of aromatic nitrogens is 1. The summed E-state index contributed by atoms with van der Waals surface area (Å²) in [5.74, 6) is 0.482. The number of aliphatic hydroxyl groups is 1. The van der Waals surface area contributed by atoms with Crippen molar-refractivity contribution in [3.63, 3.8) is 0 Å². The van der Waals surface area contributed by atoms with E-state index in [1.807, 2.05) is 6.07 Å². The second-order valence-corrected chi connectivity index (χ2v) is 5.76. The van der Waals surface area contributed by atoms with Gasteiger partial charge in [-0.15, -0.1) is 0 Å². The third-order valence-electron chi connectivity index (χ3n) is 1.86. The van der Waals surface area contributed by atoms with Crippen molar-refractivity contribution in [1.29, 1.82) is 0 Å². The van der Waals surface area contributed by atoms with E-state index in [0.717, 1.165) is 4.47 Å². The molecule has 0 saturated carbocycles. The SMILES string of the molecule is OCc1sc(Oc2cc(Br)ccc2Cl)nc1Cl. The van der Waals surface area contributed by atoms with E-state index in [0.29, 0.717) is 20.8 Å². The first-order valence-electron chi connectivity index (χ1n) is 4.49. The third-order valence-corrected chi connectivity index (χ3v) is 4.01. The van der Waals surface area contributed by atoms with E-state index in [1.54, 1.807) is 12.1 Å². The third kappa shape index (κ3) is 3.11. The molecule has 0 bridgehead atoms. The lowest BCUT2D eigenvalue weighted by molar-refractivity contribution is 0.285. The minimum absolute atomic E-state index is 0.161. The lowest BCUT2D eigenvalue weighted by Gasteiger charge is -2.04. The topological polar surface area (TPSA) is 42.4 Å². The lowest BCUT2D eigenvalue weighted by Crippen LogP contribution is -1.84. The Bertz CT molecular complexity index is 547. The van der Waals surface area contributed by atoms with Crippen LogP contribution in [0.2, 0.25) is 10.2 Å². The predicted octanol–water partition coefficient (Wildman–Crippen LogP) is 4.50. The number of hydrogen-bond donors (Lipinski definition) is 1. The molecular formula is C10H6BrCl2NO2S. The quantitative estimate of drug-likeness (QED) is 0.882. The normalized spacial score (nSPS) is 10.6. The standard InChI is InChI=1S/C10H6BrCl2NO2S/c11-5-1-2-6(12)7(3-5)16-10-14-9(13)8(4-15)17-10/h1-3,15H,4H2. The molecule has 0 radical (unpaired) electrons. The van der Waals surface area contributed by atoms with Crippen LogP contribution in [0.4, 0.5) is 0 Å². The lowest BCUT2D eigenvalue weighted by atomic mass is 10.3. The summed E-state index contributed by atoms with van der Waals surface area (Å²) in [7, 11) is 0. The minimum Gasteiger partial charge on any atom is -0.429 e. The number of rotatable bonds is 3. The molecule has 2 rings (SSSR count). The van der Waals surface area contributed by atoms with Crippen LogP contribution in [-0.2, 0) is 6.61 Å².